The van der Waals surface area contributed by atoms with Crippen LogP contribution >= 0.6 is 27.9 Å². The Labute approximate surface area is 253 Å². The number of benzene rings is 2. The zero-order chi connectivity index (χ0) is 29.1. The smallest absolute Gasteiger partial charge is 0.254 e. The summed E-state index contributed by atoms with van der Waals surface area (Å²) >= 11 is 4.87. The van der Waals surface area contributed by atoms with Crippen molar-refractivity contribution < 1.29 is 9.53 Å². The molecule has 2 aromatic heterocycles. The van der Waals surface area contributed by atoms with E-state index in [1.165, 1.54) is 11.9 Å². The first-order chi connectivity index (χ1) is 19.8. The topological polar surface area (TPSA) is 97.8 Å². The van der Waals surface area contributed by atoms with Gasteiger partial charge in [0, 0.05) is 63.8 Å². The molecule has 0 unspecified atom stereocenters. The van der Waals surface area contributed by atoms with Crippen LogP contribution in [0.5, 0.6) is 0 Å². The van der Waals surface area contributed by atoms with Crippen molar-refractivity contribution >= 4 is 56.6 Å². The normalized spacial score (nSPS) is 13.9. The maximum atomic E-state index is 12.9. The number of hydrogen-bond acceptors (Lipinski definition) is 7. The van der Waals surface area contributed by atoms with Gasteiger partial charge in [-0.25, -0.2) is 4.99 Å². The van der Waals surface area contributed by atoms with Gasteiger partial charge in [0.1, 0.15) is 5.69 Å². The van der Waals surface area contributed by atoms with E-state index in [4.69, 9.17) is 14.9 Å². The summed E-state index contributed by atoms with van der Waals surface area (Å²) in [6.45, 7) is 10.6. The Morgan fingerprint density at radius 2 is 1.83 bits per heavy atom. The summed E-state index contributed by atoms with van der Waals surface area (Å²) in [7, 11) is 0. The molecule has 41 heavy (non-hydrogen) atoms. The predicted molar refractivity (Wildman–Crippen MR) is 170 cm³/mol. The molecule has 8 nitrogen and oxygen atoms in total. The number of amides is 1. The van der Waals surface area contributed by atoms with Crippen LogP contribution in [-0.4, -0.2) is 52.4 Å². The van der Waals surface area contributed by atoms with E-state index in [-0.39, 0.29) is 5.91 Å². The molecule has 0 bridgehead atoms. The van der Waals surface area contributed by atoms with Gasteiger partial charge in [-0.3, -0.25) is 14.9 Å². The summed E-state index contributed by atoms with van der Waals surface area (Å²) in [4.78, 5) is 25.3. The van der Waals surface area contributed by atoms with E-state index in [1.54, 1.807) is 6.20 Å². The van der Waals surface area contributed by atoms with Gasteiger partial charge >= 0.3 is 0 Å². The van der Waals surface area contributed by atoms with E-state index < -0.39 is 0 Å². The molecule has 3 N–H and O–H groups in total. The van der Waals surface area contributed by atoms with Crippen molar-refractivity contribution in [3.05, 3.63) is 93.5 Å². The van der Waals surface area contributed by atoms with Gasteiger partial charge in [0.25, 0.3) is 5.91 Å². The molecule has 0 aliphatic carbocycles. The molecule has 212 valence electrons. The zero-order valence-electron chi connectivity index (χ0n) is 23.6. The van der Waals surface area contributed by atoms with Gasteiger partial charge in [0.15, 0.2) is 0 Å². The first-order valence-electron chi connectivity index (χ1n) is 13.4. The van der Waals surface area contributed by atoms with Crippen molar-refractivity contribution in [2.24, 2.45) is 10.1 Å². The lowest BCUT2D eigenvalue weighted by molar-refractivity contribution is 0.0303. The first kappa shape index (κ1) is 29.1. The molecule has 1 amide bonds. The lowest BCUT2D eigenvalue weighted by Gasteiger charge is -2.27. The molecule has 5 rings (SSSR count). The summed E-state index contributed by atoms with van der Waals surface area (Å²) in [6.07, 6.45) is 1.78. The van der Waals surface area contributed by atoms with Gasteiger partial charge < -0.3 is 19.5 Å². The molecule has 2 aromatic carbocycles. The number of aryl methyl sites for hydroxylation is 2. The van der Waals surface area contributed by atoms with E-state index in [9.17, 15) is 4.79 Å². The number of ether oxygens (including phenoxy) is 1. The number of halogens is 1. The summed E-state index contributed by atoms with van der Waals surface area (Å²) in [5.41, 5.74) is 9.08. The SMILES string of the molecule is CC(=Nc1c(C)ncc(Br)c1Nc1cccc(SN)c1)c1cc(C)n(-c2ccc(C(=O)N3CCOCC3)cc2)c1C. The lowest BCUT2D eigenvalue weighted by atomic mass is 10.1. The number of nitrogens with zero attached hydrogens (tertiary/aromatic N) is 4. The maximum Gasteiger partial charge on any atom is 0.254 e. The molecule has 1 aliphatic rings. The number of pyridine rings is 1. The minimum Gasteiger partial charge on any atom is -0.378 e. The largest absolute Gasteiger partial charge is 0.378 e. The van der Waals surface area contributed by atoms with Crippen molar-refractivity contribution in [1.29, 1.82) is 0 Å². The number of nitrogens with two attached hydrogens (primary N) is 1. The summed E-state index contributed by atoms with van der Waals surface area (Å²) in [5, 5.41) is 9.28. The van der Waals surface area contributed by atoms with Crippen LogP contribution in [-0.2, 0) is 4.74 Å². The fourth-order valence-electron chi connectivity index (χ4n) is 5.08. The van der Waals surface area contributed by atoms with E-state index in [2.05, 4.69) is 50.7 Å². The number of rotatable bonds is 7. The van der Waals surface area contributed by atoms with Crippen molar-refractivity contribution in [2.75, 3.05) is 31.6 Å². The first-order valence-corrected chi connectivity index (χ1v) is 15.0. The Bertz CT molecular complexity index is 1610. The average molecular weight is 634 g/mol. The van der Waals surface area contributed by atoms with Crippen LogP contribution in [0.25, 0.3) is 5.69 Å². The second-order valence-electron chi connectivity index (χ2n) is 9.95. The second kappa shape index (κ2) is 12.6. The van der Waals surface area contributed by atoms with Crippen LogP contribution in [0.15, 0.2) is 75.2 Å². The molecule has 1 saturated heterocycles. The molecule has 1 aliphatic heterocycles. The van der Waals surface area contributed by atoms with Crippen LogP contribution in [0.3, 0.4) is 0 Å². The average Bonchev–Trinajstić information content (AvgIpc) is 3.30. The van der Waals surface area contributed by atoms with Crippen LogP contribution < -0.4 is 10.5 Å². The number of carbonyl (C=O) groups is 1. The molecule has 0 atom stereocenters. The third kappa shape index (κ3) is 6.25. The van der Waals surface area contributed by atoms with E-state index in [0.717, 1.165) is 60.5 Å². The quantitative estimate of drug-likeness (QED) is 0.170. The Morgan fingerprint density at radius 1 is 1.10 bits per heavy atom. The van der Waals surface area contributed by atoms with E-state index in [0.29, 0.717) is 31.9 Å². The van der Waals surface area contributed by atoms with Crippen LogP contribution in [0, 0.1) is 20.8 Å². The predicted octanol–water partition coefficient (Wildman–Crippen LogP) is 6.88. The molecular weight excluding hydrogens is 600 g/mol. The van der Waals surface area contributed by atoms with Crippen molar-refractivity contribution in [3.8, 4) is 5.69 Å². The standard InChI is InChI=1S/C31H33BrN6O2S/c1-19-16-27(22(4)38(19)25-10-8-23(9-11-25)31(39)37-12-14-40-15-13-37)20(2)35-29-21(3)34-18-28(32)30(29)36-24-6-5-7-26(17-24)41-33/h5-11,16-18H,12-15,33H2,1-4H3,(H,34,36). The molecular formula is C31H33BrN6O2S. The van der Waals surface area contributed by atoms with Gasteiger partial charge in [-0.15, -0.1) is 0 Å². The minimum absolute atomic E-state index is 0.0420. The van der Waals surface area contributed by atoms with Crippen molar-refractivity contribution in [2.45, 2.75) is 32.6 Å². The third-order valence-corrected chi connectivity index (χ3v) is 8.33. The number of aliphatic imine (C=N–C) groups is 1. The van der Waals surface area contributed by atoms with Gasteiger partial charge in [-0.2, -0.15) is 0 Å². The van der Waals surface area contributed by atoms with Gasteiger partial charge in [0.05, 0.1) is 29.1 Å². The molecule has 0 saturated carbocycles. The molecule has 3 heterocycles. The number of morpholine rings is 1. The third-order valence-electron chi connectivity index (χ3n) is 7.20. The summed E-state index contributed by atoms with van der Waals surface area (Å²) < 4.78 is 8.39. The number of nitrogens with one attached hydrogen (secondary N) is 1. The molecule has 0 spiro atoms. The van der Waals surface area contributed by atoms with Crippen molar-refractivity contribution in [3.63, 3.8) is 0 Å². The number of hydrogen-bond donors (Lipinski definition) is 2. The number of anilines is 2. The monoisotopic (exact) mass is 632 g/mol. The zero-order valence-corrected chi connectivity index (χ0v) is 26.0. The van der Waals surface area contributed by atoms with Gasteiger partial charge in [0.2, 0.25) is 0 Å². The number of aromatic nitrogens is 2. The van der Waals surface area contributed by atoms with E-state index in [1.807, 2.05) is 67.3 Å². The Hall–Kier alpha value is -3.44. The second-order valence-corrected chi connectivity index (χ2v) is 11.5. The highest BCUT2D eigenvalue weighted by Crippen LogP contribution is 2.38. The molecule has 0 radical (unpaired) electrons. The summed E-state index contributed by atoms with van der Waals surface area (Å²) in [5.74, 6) is 0.0420. The maximum absolute atomic E-state index is 12.9. The van der Waals surface area contributed by atoms with Crippen molar-refractivity contribution in [1.82, 2.24) is 14.5 Å². The van der Waals surface area contributed by atoms with Gasteiger partial charge in [-0.05, 0) is 104 Å². The van der Waals surface area contributed by atoms with Gasteiger partial charge in [-0.1, -0.05) is 6.07 Å². The fraction of sp³-hybridized carbons (Fsp3) is 0.258. The number of carbonyl (C=O) groups excluding carboxylic acids is 1. The molecule has 4 aromatic rings. The minimum atomic E-state index is 0.0420. The van der Waals surface area contributed by atoms with Crippen LogP contribution in [0.4, 0.5) is 17.1 Å². The van der Waals surface area contributed by atoms with Crippen LogP contribution in [0.1, 0.15) is 39.9 Å². The lowest BCUT2D eigenvalue weighted by Crippen LogP contribution is -2.40. The Balaban J connectivity index is 1.45. The molecule has 1 fully saturated rings. The van der Waals surface area contributed by atoms with E-state index >= 15 is 0 Å². The summed E-state index contributed by atoms with van der Waals surface area (Å²) in [6, 6.07) is 17.9. The Kier molecular flexibility index (Phi) is 8.94. The Morgan fingerprint density at radius 3 is 2.54 bits per heavy atom. The highest BCUT2D eigenvalue weighted by Gasteiger charge is 2.20. The molecule has 10 heteroatoms. The van der Waals surface area contributed by atoms with Crippen LogP contribution in [0.2, 0.25) is 0 Å². The fourth-order valence-corrected chi connectivity index (χ4v) is 5.82. The highest BCUT2D eigenvalue weighted by molar-refractivity contribution is 9.10. The highest BCUT2D eigenvalue weighted by atomic mass is 79.9.